The summed E-state index contributed by atoms with van der Waals surface area (Å²) in [5, 5.41) is 6.28. The Morgan fingerprint density at radius 3 is 2.55 bits per heavy atom. The van der Waals surface area contributed by atoms with Gasteiger partial charge in [-0.15, -0.1) is 0 Å². The summed E-state index contributed by atoms with van der Waals surface area (Å²) in [7, 11) is 1.82. The van der Waals surface area contributed by atoms with E-state index in [0.29, 0.717) is 23.8 Å². The highest BCUT2D eigenvalue weighted by Crippen LogP contribution is 2.16. The molecule has 0 spiro atoms. The van der Waals surface area contributed by atoms with E-state index in [1.807, 2.05) is 7.05 Å². The van der Waals surface area contributed by atoms with Gasteiger partial charge in [0.2, 0.25) is 17.8 Å². The lowest BCUT2D eigenvalue weighted by molar-refractivity contribution is 0.187. The van der Waals surface area contributed by atoms with Crippen molar-refractivity contribution in [3.63, 3.8) is 0 Å². The van der Waals surface area contributed by atoms with Gasteiger partial charge in [0.25, 0.3) is 0 Å². The number of hydrogen-bond donors (Lipinski definition) is 2. The van der Waals surface area contributed by atoms with Crippen LogP contribution in [0.15, 0.2) is 0 Å². The average Bonchev–Trinajstić information content (AvgIpc) is 2.99. The maximum absolute atomic E-state index is 5.37. The van der Waals surface area contributed by atoms with E-state index in [-0.39, 0.29) is 0 Å². The molecule has 1 fully saturated rings. The van der Waals surface area contributed by atoms with Gasteiger partial charge in [0.05, 0.1) is 6.61 Å². The summed E-state index contributed by atoms with van der Waals surface area (Å²) in [4.78, 5) is 15.4. The first-order chi connectivity index (χ1) is 9.76. The van der Waals surface area contributed by atoms with Crippen molar-refractivity contribution < 1.29 is 4.74 Å². The molecule has 2 heterocycles. The number of nitrogens with one attached hydrogen (secondary N) is 2. The normalized spacial score (nSPS) is 18.1. The zero-order valence-electron chi connectivity index (χ0n) is 12.5. The molecule has 1 aromatic rings. The molecule has 1 saturated heterocycles. The van der Waals surface area contributed by atoms with Crippen molar-refractivity contribution in [1.82, 2.24) is 15.0 Å². The topological polar surface area (TPSA) is 75.2 Å². The molecule has 0 bridgehead atoms. The maximum Gasteiger partial charge on any atom is 0.231 e. The lowest BCUT2D eigenvalue weighted by atomic mass is 10.1. The van der Waals surface area contributed by atoms with Gasteiger partial charge >= 0.3 is 0 Å². The smallest absolute Gasteiger partial charge is 0.231 e. The first kappa shape index (κ1) is 14.8. The zero-order valence-corrected chi connectivity index (χ0v) is 12.5. The van der Waals surface area contributed by atoms with E-state index in [4.69, 9.17) is 4.74 Å². The minimum atomic E-state index is 0.543. The van der Waals surface area contributed by atoms with Gasteiger partial charge in [-0.05, 0) is 20.3 Å². The lowest BCUT2D eigenvalue weighted by Gasteiger charge is -2.19. The van der Waals surface area contributed by atoms with E-state index in [1.165, 1.54) is 0 Å². The molecule has 2 N–H and O–H groups in total. The summed E-state index contributed by atoms with van der Waals surface area (Å²) in [6.07, 6.45) is 1.10. The van der Waals surface area contributed by atoms with Crippen molar-refractivity contribution in [2.24, 2.45) is 5.92 Å². The highest BCUT2D eigenvalue weighted by molar-refractivity contribution is 5.43. The van der Waals surface area contributed by atoms with Gasteiger partial charge in [-0.2, -0.15) is 15.0 Å². The van der Waals surface area contributed by atoms with Crippen LogP contribution in [-0.2, 0) is 4.74 Å². The summed E-state index contributed by atoms with van der Waals surface area (Å²) < 4.78 is 5.37. The van der Waals surface area contributed by atoms with E-state index in [2.05, 4.69) is 44.3 Å². The molecule has 20 heavy (non-hydrogen) atoms. The Kier molecular flexibility index (Phi) is 5.34. The van der Waals surface area contributed by atoms with Crippen molar-refractivity contribution in [3.05, 3.63) is 0 Å². The van der Waals surface area contributed by atoms with E-state index < -0.39 is 0 Å². The minimum Gasteiger partial charge on any atom is -0.381 e. The number of ether oxygens (including phenoxy) is 1. The lowest BCUT2D eigenvalue weighted by Crippen LogP contribution is -2.26. The van der Waals surface area contributed by atoms with Crippen LogP contribution in [0.1, 0.15) is 20.3 Å². The fraction of sp³-hybridized carbons (Fsp3) is 0.769. The largest absolute Gasteiger partial charge is 0.381 e. The van der Waals surface area contributed by atoms with Gasteiger partial charge in [0, 0.05) is 39.2 Å². The Labute approximate surface area is 120 Å². The van der Waals surface area contributed by atoms with E-state index in [1.54, 1.807) is 0 Å². The van der Waals surface area contributed by atoms with Crippen LogP contribution in [0.2, 0.25) is 0 Å². The van der Waals surface area contributed by atoms with Crippen LogP contribution < -0.4 is 15.5 Å². The second-order valence-electron chi connectivity index (χ2n) is 4.82. The molecule has 0 aliphatic carbocycles. The second-order valence-corrected chi connectivity index (χ2v) is 4.82. The molecule has 0 saturated carbocycles. The molecular formula is C13H24N6O. The van der Waals surface area contributed by atoms with Crippen LogP contribution in [0.5, 0.6) is 0 Å². The Hall–Kier alpha value is -1.63. The first-order valence-corrected chi connectivity index (χ1v) is 7.27. The van der Waals surface area contributed by atoms with Crippen LogP contribution in [-0.4, -0.2) is 54.8 Å². The second kappa shape index (κ2) is 7.23. The SMILES string of the molecule is CCN(CC)c1nc(NC)nc(NCC2CCOC2)n1. The van der Waals surface area contributed by atoms with Crippen LogP contribution in [0.25, 0.3) is 0 Å². The molecule has 7 heteroatoms. The summed E-state index contributed by atoms with van der Waals surface area (Å²) in [6.45, 7) is 8.45. The first-order valence-electron chi connectivity index (χ1n) is 7.27. The summed E-state index contributed by atoms with van der Waals surface area (Å²) in [5.74, 6) is 2.46. The highest BCUT2D eigenvalue weighted by atomic mass is 16.5. The molecule has 7 nitrogen and oxygen atoms in total. The van der Waals surface area contributed by atoms with Crippen molar-refractivity contribution in [2.45, 2.75) is 20.3 Å². The summed E-state index contributed by atoms with van der Waals surface area (Å²) in [6, 6.07) is 0. The van der Waals surface area contributed by atoms with E-state index in [9.17, 15) is 0 Å². The number of aromatic nitrogens is 3. The molecule has 112 valence electrons. The monoisotopic (exact) mass is 280 g/mol. The van der Waals surface area contributed by atoms with Gasteiger partial charge in [-0.1, -0.05) is 0 Å². The van der Waals surface area contributed by atoms with Crippen molar-refractivity contribution in [1.29, 1.82) is 0 Å². The Morgan fingerprint density at radius 2 is 1.95 bits per heavy atom. The Bertz CT molecular complexity index is 417. The van der Waals surface area contributed by atoms with Gasteiger partial charge in [0.1, 0.15) is 0 Å². The minimum absolute atomic E-state index is 0.543. The van der Waals surface area contributed by atoms with Gasteiger partial charge in [-0.3, -0.25) is 0 Å². The fourth-order valence-corrected chi connectivity index (χ4v) is 2.18. The number of hydrogen-bond acceptors (Lipinski definition) is 7. The van der Waals surface area contributed by atoms with Gasteiger partial charge in [-0.25, -0.2) is 0 Å². The molecule has 0 radical (unpaired) electrons. The van der Waals surface area contributed by atoms with Crippen LogP contribution in [0.3, 0.4) is 0 Å². The third-order valence-electron chi connectivity index (χ3n) is 3.47. The van der Waals surface area contributed by atoms with E-state index >= 15 is 0 Å². The molecule has 1 aliphatic rings. The van der Waals surface area contributed by atoms with Gasteiger partial charge in [0.15, 0.2) is 0 Å². The van der Waals surface area contributed by atoms with E-state index in [0.717, 1.165) is 39.3 Å². The Morgan fingerprint density at radius 1 is 1.20 bits per heavy atom. The predicted octanol–water partition coefficient (Wildman–Crippen LogP) is 1.21. The molecule has 1 aliphatic heterocycles. The number of rotatable bonds is 7. The van der Waals surface area contributed by atoms with Gasteiger partial charge < -0.3 is 20.3 Å². The molecule has 0 aromatic carbocycles. The highest BCUT2D eigenvalue weighted by Gasteiger charge is 2.16. The Balaban J connectivity index is 2.08. The molecule has 0 amide bonds. The predicted molar refractivity (Wildman–Crippen MR) is 80.4 cm³/mol. The average molecular weight is 280 g/mol. The maximum atomic E-state index is 5.37. The summed E-state index contributed by atoms with van der Waals surface area (Å²) in [5.41, 5.74) is 0. The molecule has 1 unspecified atom stereocenters. The third kappa shape index (κ3) is 3.69. The fourth-order valence-electron chi connectivity index (χ4n) is 2.18. The van der Waals surface area contributed by atoms with Crippen LogP contribution in [0.4, 0.5) is 17.8 Å². The molecule has 1 atom stereocenters. The molecular weight excluding hydrogens is 256 g/mol. The summed E-state index contributed by atoms with van der Waals surface area (Å²) >= 11 is 0. The number of anilines is 3. The third-order valence-corrected chi connectivity index (χ3v) is 3.47. The quantitative estimate of drug-likeness (QED) is 0.777. The van der Waals surface area contributed by atoms with Crippen molar-refractivity contribution in [2.75, 3.05) is 55.4 Å². The zero-order chi connectivity index (χ0) is 14.4. The van der Waals surface area contributed by atoms with Crippen LogP contribution in [0, 0.1) is 5.92 Å². The number of nitrogens with zero attached hydrogens (tertiary/aromatic N) is 4. The molecule has 2 rings (SSSR count). The molecule has 1 aromatic heterocycles. The van der Waals surface area contributed by atoms with Crippen molar-refractivity contribution in [3.8, 4) is 0 Å². The standard InChI is InChI=1S/C13H24N6O/c1-4-19(5-2)13-17-11(14-3)16-12(18-13)15-8-10-6-7-20-9-10/h10H,4-9H2,1-3H3,(H2,14,15,16,17,18). The van der Waals surface area contributed by atoms with Crippen molar-refractivity contribution >= 4 is 17.8 Å². The van der Waals surface area contributed by atoms with Crippen LogP contribution >= 0.6 is 0 Å².